The van der Waals surface area contributed by atoms with Crippen LogP contribution in [0.1, 0.15) is 95.1 Å². The van der Waals surface area contributed by atoms with E-state index in [2.05, 4.69) is 24.5 Å². The third-order valence-electron chi connectivity index (χ3n) is 8.33. The topological polar surface area (TPSA) is 29.5 Å². The molecule has 2 saturated carbocycles. The van der Waals surface area contributed by atoms with Crippen LogP contribution in [0.4, 0.5) is 4.39 Å². The van der Waals surface area contributed by atoms with Gasteiger partial charge in [-0.2, -0.15) is 0 Å². The molecule has 1 aromatic carbocycles. The van der Waals surface area contributed by atoms with Crippen LogP contribution in [0.25, 0.3) is 0 Å². The Bertz CT molecular complexity index is 858. The highest BCUT2D eigenvalue weighted by molar-refractivity contribution is 5.70. The molecule has 0 heterocycles. The Kier molecular flexibility index (Phi) is 11.0. The van der Waals surface area contributed by atoms with Gasteiger partial charge in [0.05, 0.1) is 6.61 Å². The summed E-state index contributed by atoms with van der Waals surface area (Å²) in [7, 11) is 0. The van der Waals surface area contributed by atoms with Crippen LogP contribution < -0.4 is 0 Å². The van der Waals surface area contributed by atoms with Crippen LogP contribution in [-0.4, -0.2) is 36.6 Å². The number of allylic oxidation sites excluding steroid dienone is 2. The van der Waals surface area contributed by atoms with Crippen molar-refractivity contribution in [2.24, 2.45) is 11.8 Å². The molecule has 0 N–H and O–H groups in total. The SMILES string of the molecule is C=C/C(=C\C)CCN(CC1CCCCC1)C1CCCC(CC(=O)OCC)C1c1ccc(F)cc1C. The van der Waals surface area contributed by atoms with Gasteiger partial charge in [0.1, 0.15) is 5.82 Å². The molecule has 2 fully saturated rings. The summed E-state index contributed by atoms with van der Waals surface area (Å²) in [5.74, 6) is 0.858. The smallest absolute Gasteiger partial charge is 0.306 e. The van der Waals surface area contributed by atoms with Gasteiger partial charge in [-0.1, -0.05) is 56.1 Å². The molecule has 0 amide bonds. The number of carbonyl (C=O) groups excluding carboxylic acids is 1. The summed E-state index contributed by atoms with van der Waals surface area (Å²) in [5, 5.41) is 0. The van der Waals surface area contributed by atoms with E-state index in [0.717, 1.165) is 50.3 Å². The van der Waals surface area contributed by atoms with Gasteiger partial charge in [0.15, 0.2) is 0 Å². The zero-order valence-electron chi connectivity index (χ0n) is 22.2. The van der Waals surface area contributed by atoms with Gasteiger partial charge in [0, 0.05) is 31.5 Å². The van der Waals surface area contributed by atoms with Crippen molar-refractivity contribution in [3.8, 4) is 0 Å². The number of benzene rings is 1. The molecule has 0 radical (unpaired) electrons. The molecule has 3 atom stereocenters. The fourth-order valence-corrected chi connectivity index (χ4v) is 6.54. The van der Waals surface area contributed by atoms with Gasteiger partial charge in [-0.25, -0.2) is 4.39 Å². The Hall–Kier alpha value is -1.94. The van der Waals surface area contributed by atoms with Crippen molar-refractivity contribution >= 4 is 5.97 Å². The zero-order valence-corrected chi connectivity index (χ0v) is 22.2. The summed E-state index contributed by atoms with van der Waals surface area (Å²) in [6, 6.07) is 5.57. The maximum Gasteiger partial charge on any atom is 0.306 e. The third-order valence-corrected chi connectivity index (χ3v) is 8.33. The van der Waals surface area contributed by atoms with E-state index in [9.17, 15) is 9.18 Å². The maximum absolute atomic E-state index is 14.1. The standard InChI is InChI=1S/C31H46FNO2/c1-5-24(6-2)18-19-33(22-25-12-9-8-10-13-25)29-15-11-14-26(21-30(34)35-7-3)31(29)28-17-16-27(32)20-23(28)4/h5-6,16-17,20,25-26,29,31H,1,7-15,18-19,21-22H2,2-4H3/b24-6+. The number of hydrogen-bond acceptors (Lipinski definition) is 3. The van der Waals surface area contributed by atoms with Crippen molar-refractivity contribution in [3.05, 3.63) is 59.4 Å². The van der Waals surface area contributed by atoms with E-state index >= 15 is 0 Å². The predicted octanol–water partition coefficient (Wildman–Crippen LogP) is 7.74. The molecule has 4 heteroatoms. The van der Waals surface area contributed by atoms with Gasteiger partial charge in [-0.3, -0.25) is 9.69 Å². The molecule has 0 aliphatic heterocycles. The number of rotatable bonds is 11. The molecule has 0 saturated heterocycles. The van der Waals surface area contributed by atoms with E-state index in [4.69, 9.17) is 4.74 Å². The molecule has 3 unspecified atom stereocenters. The second-order valence-electron chi connectivity index (χ2n) is 10.6. The van der Waals surface area contributed by atoms with Crippen LogP contribution in [-0.2, 0) is 9.53 Å². The minimum atomic E-state index is -0.191. The Morgan fingerprint density at radius 2 is 1.94 bits per heavy atom. The number of hydrogen-bond donors (Lipinski definition) is 0. The van der Waals surface area contributed by atoms with Crippen molar-refractivity contribution in [2.75, 3.05) is 19.7 Å². The molecule has 3 nitrogen and oxygen atoms in total. The van der Waals surface area contributed by atoms with Crippen molar-refractivity contribution in [1.29, 1.82) is 0 Å². The van der Waals surface area contributed by atoms with Gasteiger partial charge in [-0.15, -0.1) is 0 Å². The zero-order chi connectivity index (χ0) is 25.2. The maximum atomic E-state index is 14.1. The van der Waals surface area contributed by atoms with Crippen LogP contribution in [0.5, 0.6) is 0 Å². The largest absolute Gasteiger partial charge is 0.466 e. The summed E-state index contributed by atoms with van der Waals surface area (Å²) in [6.07, 6.45) is 15.5. The van der Waals surface area contributed by atoms with Crippen LogP contribution >= 0.6 is 0 Å². The van der Waals surface area contributed by atoms with E-state index in [1.54, 1.807) is 12.1 Å². The van der Waals surface area contributed by atoms with Gasteiger partial charge in [0.25, 0.3) is 0 Å². The lowest BCUT2D eigenvalue weighted by Crippen LogP contribution is -2.47. The first-order valence-corrected chi connectivity index (χ1v) is 13.9. The number of esters is 1. The van der Waals surface area contributed by atoms with Gasteiger partial charge >= 0.3 is 5.97 Å². The molecular weight excluding hydrogens is 437 g/mol. The molecule has 3 rings (SSSR count). The molecule has 0 aromatic heterocycles. The van der Waals surface area contributed by atoms with Gasteiger partial charge in [-0.05, 0) is 88.0 Å². The number of halogens is 1. The first-order chi connectivity index (χ1) is 17.0. The highest BCUT2D eigenvalue weighted by Crippen LogP contribution is 2.44. The molecule has 1 aromatic rings. The van der Waals surface area contributed by atoms with E-state index in [-0.39, 0.29) is 23.6 Å². The summed E-state index contributed by atoms with van der Waals surface area (Å²) in [6.45, 7) is 12.5. The average Bonchev–Trinajstić information content (AvgIpc) is 2.85. The van der Waals surface area contributed by atoms with E-state index in [0.29, 0.717) is 19.1 Å². The molecule has 2 aliphatic rings. The minimum absolute atomic E-state index is 0.107. The van der Waals surface area contributed by atoms with Gasteiger partial charge < -0.3 is 4.74 Å². The van der Waals surface area contributed by atoms with Crippen LogP contribution in [0.3, 0.4) is 0 Å². The fraction of sp³-hybridized carbons (Fsp3) is 0.645. The first kappa shape index (κ1) is 27.6. The van der Waals surface area contributed by atoms with Crippen molar-refractivity contribution in [1.82, 2.24) is 4.90 Å². The van der Waals surface area contributed by atoms with Crippen molar-refractivity contribution < 1.29 is 13.9 Å². The highest BCUT2D eigenvalue weighted by Gasteiger charge is 2.40. The van der Waals surface area contributed by atoms with Crippen LogP contribution in [0, 0.1) is 24.6 Å². The Balaban J connectivity index is 1.95. The lowest BCUT2D eigenvalue weighted by molar-refractivity contribution is -0.144. The van der Waals surface area contributed by atoms with Gasteiger partial charge in [0.2, 0.25) is 0 Å². The molecule has 0 spiro atoms. The molecule has 0 bridgehead atoms. The minimum Gasteiger partial charge on any atom is -0.466 e. The quantitative estimate of drug-likeness (QED) is 0.238. The molecular formula is C31H46FNO2. The predicted molar refractivity (Wildman–Crippen MR) is 143 cm³/mol. The monoisotopic (exact) mass is 483 g/mol. The Labute approximate surface area is 212 Å². The molecule has 35 heavy (non-hydrogen) atoms. The second kappa shape index (κ2) is 14.0. The third kappa shape index (κ3) is 7.77. The molecule has 194 valence electrons. The van der Waals surface area contributed by atoms with Crippen molar-refractivity contribution in [3.63, 3.8) is 0 Å². The normalized spacial score (nSPS) is 23.9. The molecule has 2 aliphatic carbocycles. The highest BCUT2D eigenvalue weighted by atomic mass is 19.1. The van der Waals surface area contributed by atoms with E-state index in [1.807, 2.05) is 26.0 Å². The fourth-order valence-electron chi connectivity index (χ4n) is 6.54. The first-order valence-electron chi connectivity index (χ1n) is 13.9. The summed E-state index contributed by atoms with van der Waals surface area (Å²) >= 11 is 0. The lowest BCUT2D eigenvalue weighted by Gasteiger charge is -2.46. The van der Waals surface area contributed by atoms with E-state index < -0.39 is 0 Å². The average molecular weight is 484 g/mol. The van der Waals surface area contributed by atoms with Crippen LogP contribution in [0.15, 0.2) is 42.5 Å². The summed E-state index contributed by atoms with van der Waals surface area (Å²) < 4.78 is 19.4. The summed E-state index contributed by atoms with van der Waals surface area (Å²) in [4.78, 5) is 15.3. The van der Waals surface area contributed by atoms with Crippen LogP contribution in [0.2, 0.25) is 0 Å². The number of aryl methyl sites for hydroxylation is 1. The summed E-state index contributed by atoms with van der Waals surface area (Å²) in [5.41, 5.74) is 3.48. The number of carbonyl (C=O) groups is 1. The lowest BCUT2D eigenvalue weighted by atomic mass is 9.69. The van der Waals surface area contributed by atoms with E-state index in [1.165, 1.54) is 43.2 Å². The number of nitrogens with zero attached hydrogens (tertiary/aromatic N) is 1. The Morgan fingerprint density at radius 1 is 1.17 bits per heavy atom. The van der Waals surface area contributed by atoms with Crippen molar-refractivity contribution in [2.45, 2.75) is 96.9 Å². The number of ether oxygens (including phenoxy) is 1. The Morgan fingerprint density at radius 3 is 2.60 bits per heavy atom. The second-order valence-corrected chi connectivity index (χ2v) is 10.6.